The molecule has 1 aromatic heterocycles. The Morgan fingerprint density at radius 1 is 1.30 bits per heavy atom. The topological polar surface area (TPSA) is 84.7 Å². The predicted octanol–water partition coefficient (Wildman–Crippen LogP) is -0.320. The van der Waals surface area contributed by atoms with Crippen molar-refractivity contribution in [2.75, 3.05) is 39.4 Å². The lowest BCUT2D eigenvalue weighted by Gasteiger charge is -2.23. The molecule has 128 valence electrons. The van der Waals surface area contributed by atoms with Crippen molar-refractivity contribution in [1.82, 2.24) is 19.0 Å². The Hall–Kier alpha value is -1.45. The summed E-state index contributed by atoms with van der Waals surface area (Å²) < 4.78 is 33.5. The van der Waals surface area contributed by atoms with E-state index in [4.69, 9.17) is 4.74 Å². The Morgan fingerprint density at radius 2 is 2.13 bits per heavy atom. The predicted molar refractivity (Wildman–Crippen MR) is 82.1 cm³/mol. The molecule has 0 spiro atoms. The second-order valence-corrected chi connectivity index (χ2v) is 7.93. The van der Waals surface area contributed by atoms with Crippen LogP contribution in [0.1, 0.15) is 12.8 Å². The SMILES string of the molecule is Cn1cc(S(=O)(=O)N2CCCN(C(=O)[C@H]3CCOC3)CC2)cn1. The smallest absolute Gasteiger partial charge is 0.246 e. The second kappa shape index (κ2) is 6.58. The Morgan fingerprint density at radius 3 is 2.78 bits per heavy atom. The molecule has 23 heavy (non-hydrogen) atoms. The Bertz CT molecular complexity index is 666. The molecule has 2 aliphatic rings. The van der Waals surface area contributed by atoms with Crippen molar-refractivity contribution in [1.29, 1.82) is 0 Å². The standard InChI is InChI=1S/C14H22N4O4S/c1-16-10-13(9-15-16)23(20,21)18-5-2-4-17(6-7-18)14(19)12-3-8-22-11-12/h9-10,12H,2-8,11H2,1H3/t12-/m0/s1. The van der Waals surface area contributed by atoms with Crippen molar-refractivity contribution >= 4 is 15.9 Å². The number of amides is 1. The zero-order valence-corrected chi connectivity index (χ0v) is 14.0. The monoisotopic (exact) mass is 342 g/mol. The Balaban J connectivity index is 1.67. The number of nitrogens with zero attached hydrogens (tertiary/aromatic N) is 4. The van der Waals surface area contributed by atoms with Crippen molar-refractivity contribution in [3.63, 3.8) is 0 Å². The van der Waals surface area contributed by atoms with E-state index in [1.165, 1.54) is 21.4 Å². The minimum absolute atomic E-state index is 0.0727. The van der Waals surface area contributed by atoms with E-state index >= 15 is 0 Å². The fourth-order valence-electron chi connectivity index (χ4n) is 3.02. The summed E-state index contributed by atoms with van der Waals surface area (Å²) in [6.07, 6.45) is 4.25. The zero-order chi connectivity index (χ0) is 16.4. The number of aryl methyl sites for hydroxylation is 1. The molecule has 0 saturated carbocycles. The average molecular weight is 342 g/mol. The van der Waals surface area contributed by atoms with E-state index in [9.17, 15) is 13.2 Å². The van der Waals surface area contributed by atoms with Crippen molar-refractivity contribution in [2.45, 2.75) is 17.7 Å². The molecule has 1 aromatic rings. The van der Waals surface area contributed by atoms with E-state index in [0.29, 0.717) is 45.8 Å². The Labute approximate surface area is 136 Å². The molecule has 0 aliphatic carbocycles. The van der Waals surface area contributed by atoms with Crippen LogP contribution in [-0.2, 0) is 26.6 Å². The summed E-state index contributed by atoms with van der Waals surface area (Å²) in [5.74, 6) is 0.0135. The average Bonchev–Trinajstić information content (AvgIpc) is 3.13. The molecule has 3 heterocycles. The number of ether oxygens (including phenoxy) is 1. The number of aromatic nitrogens is 2. The highest BCUT2D eigenvalue weighted by Gasteiger charge is 2.32. The summed E-state index contributed by atoms with van der Waals surface area (Å²) in [6, 6.07) is 0. The molecule has 1 amide bonds. The van der Waals surface area contributed by atoms with Gasteiger partial charge in [0.15, 0.2) is 0 Å². The molecule has 2 saturated heterocycles. The number of hydrogen-bond acceptors (Lipinski definition) is 5. The van der Waals surface area contributed by atoms with Crippen LogP contribution in [0, 0.1) is 5.92 Å². The molecule has 8 nitrogen and oxygen atoms in total. The van der Waals surface area contributed by atoms with Crippen molar-refractivity contribution in [3.05, 3.63) is 12.4 Å². The van der Waals surface area contributed by atoms with Gasteiger partial charge in [-0.2, -0.15) is 9.40 Å². The molecule has 0 unspecified atom stereocenters. The number of hydrogen-bond donors (Lipinski definition) is 0. The largest absolute Gasteiger partial charge is 0.381 e. The molecule has 3 rings (SSSR count). The van der Waals surface area contributed by atoms with Crippen LogP contribution in [0.4, 0.5) is 0 Å². The van der Waals surface area contributed by atoms with Gasteiger partial charge < -0.3 is 9.64 Å². The number of rotatable bonds is 3. The van der Waals surface area contributed by atoms with Crippen LogP contribution in [-0.4, -0.2) is 72.7 Å². The van der Waals surface area contributed by atoms with Crippen LogP contribution in [0.5, 0.6) is 0 Å². The van der Waals surface area contributed by atoms with Gasteiger partial charge in [-0.15, -0.1) is 0 Å². The van der Waals surface area contributed by atoms with Crippen LogP contribution < -0.4 is 0 Å². The van der Waals surface area contributed by atoms with Crippen molar-refractivity contribution in [2.24, 2.45) is 13.0 Å². The molecule has 0 bridgehead atoms. The first-order valence-electron chi connectivity index (χ1n) is 7.84. The van der Waals surface area contributed by atoms with E-state index in [1.807, 2.05) is 0 Å². The lowest BCUT2D eigenvalue weighted by molar-refractivity contribution is -0.135. The first-order valence-corrected chi connectivity index (χ1v) is 9.28. The lowest BCUT2D eigenvalue weighted by Crippen LogP contribution is -2.40. The van der Waals surface area contributed by atoms with Gasteiger partial charge >= 0.3 is 0 Å². The van der Waals surface area contributed by atoms with Gasteiger partial charge in [0.25, 0.3) is 0 Å². The number of carbonyl (C=O) groups excluding carboxylic acids is 1. The molecule has 2 aliphatic heterocycles. The molecule has 1 atom stereocenters. The highest BCUT2D eigenvalue weighted by atomic mass is 32.2. The molecule has 0 radical (unpaired) electrons. The van der Waals surface area contributed by atoms with Crippen LogP contribution in [0.2, 0.25) is 0 Å². The molecule has 0 N–H and O–H groups in total. The molecule has 2 fully saturated rings. The normalized spacial score (nSPS) is 23.9. The zero-order valence-electron chi connectivity index (χ0n) is 13.2. The highest BCUT2D eigenvalue weighted by molar-refractivity contribution is 7.89. The van der Waals surface area contributed by atoms with Crippen LogP contribution in [0.25, 0.3) is 0 Å². The quantitative estimate of drug-likeness (QED) is 0.752. The summed E-state index contributed by atoms with van der Waals surface area (Å²) in [5.41, 5.74) is 0. The van der Waals surface area contributed by atoms with E-state index in [2.05, 4.69) is 5.10 Å². The minimum atomic E-state index is -3.55. The Kier molecular flexibility index (Phi) is 4.69. The summed E-state index contributed by atoms with van der Waals surface area (Å²) in [7, 11) is -1.86. The minimum Gasteiger partial charge on any atom is -0.381 e. The molecular formula is C14H22N4O4S. The van der Waals surface area contributed by atoms with Crippen molar-refractivity contribution in [3.8, 4) is 0 Å². The highest BCUT2D eigenvalue weighted by Crippen LogP contribution is 2.20. The van der Waals surface area contributed by atoms with Crippen LogP contribution in [0.15, 0.2) is 17.3 Å². The van der Waals surface area contributed by atoms with Crippen LogP contribution >= 0.6 is 0 Å². The fraction of sp³-hybridized carbons (Fsp3) is 0.714. The third-order valence-corrected chi connectivity index (χ3v) is 6.22. The van der Waals surface area contributed by atoms with Gasteiger partial charge in [0.2, 0.25) is 15.9 Å². The van der Waals surface area contributed by atoms with Gasteiger partial charge in [-0.25, -0.2) is 8.42 Å². The van der Waals surface area contributed by atoms with E-state index in [0.717, 1.165) is 6.42 Å². The maximum atomic E-state index is 12.6. The van der Waals surface area contributed by atoms with Gasteiger partial charge in [0.05, 0.1) is 18.7 Å². The van der Waals surface area contributed by atoms with Crippen LogP contribution in [0.3, 0.4) is 0 Å². The van der Waals surface area contributed by atoms with Gasteiger partial charge in [-0.3, -0.25) is 9.48 Å². The summed E-state index contributed by atoms with van der Waals surface area (Å²) in [6.45, 7) is 2.86. The summed E-state index contributed by atoms with van der Waals surface area (Å²) in [5, 5.41) is 3.93. The van der Waals surface area contributed by atoms with Gasteiger partial charge in [-0.1, -0.05) is 0 Å². The lowest BCUT2D eigenvalue weighted by atomic mass is 10.1. The molecular weight excluding hydrogens is 320 g/mol. The summed E-state index contributed by atoms with van der Waals surface area (Å²) in [4.78, 5) is 14.4. The maximum Gasteiger partial charge on any atom is 0.246 e. The maximum absolute atomic E-state index is 12.6. The van der Waals surface area contributed by atoms with E-state index < -0.39 is 10.0 Å². The third kappa shape index (κ3) is 3.41. The van der Waals surface area contributed by atoms with E-state index in [-0.39, 0.29) is 16.7 Å². The van der Waals surface area contributed by atoms with E-state index in [1.54, 1.807) is 11.9 Å². The number of sulfonamides is 1. The number of carbonyl (C=O) groups is 1. The molecule has 9 heteroatoms. The summed E-state index contributed by atoms with van der Waals surface area (Å²) >= 11 is 0. The first-order chi connectivity index (χ1) is 11.0. The van der Waals surface area contributed by atoms with Gasteiger partial charge in [0.1, 0.15) is 4.90 Å². The van der Waals surface area contributed by atoms with Gasteiger partial charge in [0, 0.05) is 46.0 Å². The van der Waals surface area contributed by atoms with Gasteiger partial charge in [-0.05, 0) is 12.8 Å². The second-order valence-electron chi connectivity index (χ2n) is 5.99. The third-order valence-electron chi connectivity index (χ3n) is 4.36. The fourth-order valence-corrected chi connectivity index (χ4v) is 4.48. The van der Waals surface area contributed by atoms with Crippen molar-refractivity contribution < 1.29 is 17.9 Å². The first kappa shape index (κ1) is 16.4. The molecule has 0 aromatic carbocycles.